The molecule has 0 bridgehead atoms. The molecular weight excluding hydrogens is 422 g/mol. The summed E-state index contributed by atoms with van der Waals surface area (Å²) in [6.07, 6.45) is 0. The molecule has 0 radical (unpaired) electrons. The van der Waals surface area contributed by atoms with Crippen LogP contribution in [0.2, 0.25) is 0 Å². The molecule has 1 saturated heterocycles. The van der Waals surface area contributed by atoms with E-state index in [1.807, 2.05) is 61.5 Å². The van der Waals surface area contributed by atoms with Crippen LogP contribution in [0.25, 0.3) is 5.57 Å². The molecule has 34 heavy (non-hydrogen) atoms. The molecule has 5 heteroatoms. The van der Waals surface area contributed by atoms with Crippen molar-refractivity contribution in [3.63, 3.8) is 0 Å². The lowest BCUT2D eigenvalue weighted by molar-refractivity contribution is -0.138. The molecule has 5 rings (SSSR count). The summed E-state index contributed by atoms with van der Waals surface area (Å²) < 4.78 is 0. The number of rotatable bonds is 5. The molecule has 0 aromatic heterocycles. The van der Waals surface area contributed by atoms with Crippen molar-refractivity contribution in [3.05, 3.63) is 107 Å². The fourth-order valence-corrected chi connectivity index (χ4v) is 4.76. The van der Waals surface area contributed by atoms with Gasteiger partial charge in [0.05, 0.1) is 12.1 Å². The molecule has 2 amide bonds. The van der Waals surface area contributed by atoms with E-state index in [0.29, 0.717) is 24.4 Å². The normalized spacial score (nSPS) is 16.6. The molecule has 0 spiro atoms. The van der Waals surface area contributed by atoms with E-state index in [9.17, 15) is 9.59 Å². The highest BCUT2D eigenvalue weighted by atomic mass is 16.2. The quantitative estimate of drug-likeness (QED) is 0.539. The molecule has 2 heterocycles. The Labute approximate surface area is 200 Å². The molecule has 2 aliphatic heterocycles. The third-order valence-corrected chi connectivity index (χ3v) is 6.63. The second kappa shape index (κ2) is 9.18. The van der Waals surface area contributed by atoms with Crippen LogP contribution in [0.1, 0.15) is 22.3 Å². The summed E-state index contributed by atoms with van der Waals surface area (Å²) in [5, 5.41) is 0. The first kappa shape index (κ1) is 22.0. The van der Waals surface area contributed by atoms with Crippen LogP contribution >= 0.6 is 0 Å². The number of aryl methyl sites for hydroxylation is 2. The van der Waals surface area contributed by atoms with Crippen LogP contribution in [-0.4, -0.2) is 47.8 Å². The third kappa shape index (κ3) is 4.21. The van der Waals surface area contributed by atoms with Crippen molar-refractivity contribution in [1.29, 1.82) is 0 Å². The summed E-state index contributed by atoms with van der Waals surface area (Å²) in [5.74, 6) is -0.415. The van der Waals surface area contributed by atoms with Gasteiger partial charge in [-0.05, 0) is 42.7 Å². The van der Waals surface area contributed by atoms with Crippen molar-refractivity contribution >= 4 is 23.1 Å². The van der Waals surface area contributed by atoms with Crippen LogP contribution in [0.4, 0.5) is 5.69 Å². The standard InChI is InChI=1S/C29H29N3O2/c1-21-11-13-24(14-12-21)26-27(29(34)32(28(26)33)20-23-8-4-3-5-9-23)31-17-15-30(16-18-31)25-10-6-7-22(2)19-25/h3-14,19H,15-18,20H2,1-2H3. The van der Waals surface area contributed by atoms with Crippen molar-refractivity contribution in [2.45, 2.75) is 20.4 Å². The maximum Gasteiger partial charge on any atom is 0.278 e. The molecule has 0 aliphatic carbocycles. The average Bonchev–Trinajstić information content (AvgIpc) is 3.10. The van der Waals surface area contributed by atoms with E-state index in [4.69, 9.17) is 0 Å². The summed E-state index contributed by atoms with van der Waals surface area (Å²) in [6.45, 7) is 7.38. The maximum absolute atomic E-state index is 13.7. The van der Waals surface area contributed by atoms with Gasteiger partial charge in [-0.2, -0.15) is 0 Å². The number of nitrogens with zero attached hydrogens (tertiary/aromatic N) is 3. The largest absolute Gasteiger partial charge is 0.368 e. The Morgan fingerprint density at radius 3 is 2.03 bits per heavy atom. The highest BCUT2D eigenvalue weighted by Gasteiger charge is 2.42. The number of piperazine rings is 1. The molecule has 0 saturated carbocycles. The molecule has 3 aromatic rings. The lowest BCUT2D eigenvalue weighted by Gasteiger charge is -2.37. The number of benzene rings is 3. The van der Waals surface area contributed by atoms with Crippen molar-refractivity contribution in [1.82, 2.24) is 9.80 Å². The SMILES string of the molecule is Cc1ccc(C2=C(N3CCN(c4cccc(C)c4)CC3)C(=O)N(Cc3ccccc3)C2=O)cc1. The maximum atomic E-state index is 13.7. The van der Waals surface area contributed by atoms with Gasteiger partial charge in [0.1, 0.15) is 5.70 Å². The van der Waals surface area contributed by atoms with Gasteiger partial charge in [-0.1, -0.05) is 72.3 Å². The highest BCUT2D eigenvalue weighted by Crippen LogP contribution is 2.33. The molecule has 1 fully saturated rings. The fourth-order valence-electron chi connectivity index (χ4n) is 4.76. The molecule has 2 aliphatic rings. The van der Waals surface area contributed by atoms with Crippen LogP contribution in [0.15, 0.2) is 84.6 Å². The topological polar surface area (TPSA) is 43.9 Å². The number of anilines is 1. The molecule has 0 N–H and O–H groups in total. The van der Waals surface area contributed by atoms with Gasteiger partial charge in [0.25, 0.3) is 11.8 Å². The van der Waals surface area contributed by atoms with E-state index < -0.39 is 0 Å². The molecule has 5 nitrogen and oxygen atoms in total. The van der Waals surface area contributed by atoms with Gasteiger partial charge in [0, 0.05) is 31.9 Å². The van der Waals surface area contributed by atoms with Crippen LogP contribution in [0, 0.1) is 13.8 Å². The molecule has 3 aromatic carbocycles. The fraction of sp³-hybridized carbons (Fsp3) is 0.241. The van der Waals surface area contributed by atoms with Crippen molar-refractivity contribution in [2.24, 2.45) is 0 Å². The number of hydrogen-bond acceptors (Lipinski definition) is 4. The Bertz CT molecular complexity index is 1240. The van der Waals surface area contributed by atoms with Gasteiger partial charge in [-0.3, -0.25) is 14.5 Å². The second-order valence-corrected chi connectivity index (χ2v) is 9.08. The van der Waals surface area contributed by atoms with Crippen molar-refractivity contribution in [2.75, 3.05) is 31.1 Å². The Balaban J connectivity index is 1.45. The predicted molar refractivity (Wildman–Crippen MR) is 135 cm³/mol. The smallest absolute Gasteiger partial charge is 0.278 e. The summed E-state index contributed by atoms with van der Waals surface area (Å²) in [5.41, 5.74) is 6.35. The minimum absolute atomic E-state index is 0.201. The number of carbonyl (C=O) groups is 2. The van der Waals surface area contributed by atoms with E-state index in [0.717, 1.165) is 29.8 Å². The number of amides is 2. The third-order valence-electron chi connectivity index (χ3n) is 6.63. The first-order chi connectivity index (χ1) is 16.5. The zero-order valence-electron chi connectivity index (χ0n) is 19.7. The minimum Gasteiger partial charge on any atom is -0.368 e. The molecule has 0 unspecified atom stereocenters. The monoisotopic (exact) mass is 451 g/mol. The lowest BCUT2D eigenvalue weighted by atomic mass is 10.0. The Morgan fingerprint density at radius 1 is 0.676 bits per heavy atom. The van der Waals surface area contributed by atoms with Gasteiger partial charge in [-0.25, -0.2) is 0 Å². The Hall–Kier alpha value is -3.86. The summed E-state index contributed by atoms with van der Waals surface area (Å²) in [7, 11) is 0. The van der Waals surface area contributed by atoms with Gasteiger partial charge in [0.15, 0.2) is 0 Å². The van der Waals surface area contributed by atoms with E-state index in [-0.39, 0.29) is 18.4 Å². The lowest BCUT2D eigenvalue weighted by Crippen LogP contribution is -2.47. The van der Waals surface area contributed by atoms with Gasteiger partial charge >= 0.3 is 0 Å². The summed E-state index contributed by atoms with van der Waals surface area (Å²) in [6, 6.07) is 26.1. The van der Waals surface area contributed by atoms with Crippen LogP contribution in [0.5, 0.6) is 0 Å². The average molecular weight is 452 g/mol. The van der Waals surface area contributed by atoms with Gasteiger partial charge in [-0.15, -0.1) is 0 Å². The van der Waals surface area contributed by atoms with Crippen molar-refractivity contribution < 1.29 is 9.59 Å². The zero-order valence-corrected chi connectivity index (χ0v) is 19.7. The van der Waals surface area contributed by atoms with Crippen LogP contribution in [0.3, 0.4) is 0 Å². The van der Waals surface area contributed by atoms with Gasteiger partial charge < -0.3 is 9.80 Å². The van der Waals surface area contributed by atoms with Crippen molar-refractivity contribution in [3.8, 4) is 0 Å². The highest BCUT2D eigenvalue weighted by molar-refractivity contribution is 6.35. The van der Waals surface area contributed by atoms with Gasteiger partial charge in [0.2, 0.25) is 0 Å². The first-order valence-corrected chi connectivity index (χ1v) is 11.8. The van der Waals surface area contributed by atoms with E-state index >= 15 is 0 Å². The minimum atomic E-state index is -0.214. The Morgan fingerprint density at radius 2 is 1.35 bits per heavy atom. The predicted octanol–water partition coefficient (Wildman–Crippen LogP) is 4.41. The van der Waals surface area contributed by atoms with E-state index in [1.165, 1.54) is 16.2 Å². The first-order valence-electron chi connectivity index (χ1n) is 11.8. The number of imide groups is 1. The number of carbonyl (C=O) groups excluding carboxylic acids is 2. The summed E-state index contributed by atoms with van der Waals surface area (Å²) in [4.78, 5) is 33.1. The summed E-state index contributed by atoms with van der Waals surface area (Å²) >= 11 is 0. The second-order valence-electron chi connectivity index (χ2n) is 9.08. The Kier molecular flexibility index (Phi) is 5.93. The molecular formula is C29H29N3O2. The van der Waals surface area contributed by atoms with E-state index in [2.05, 4.69) is 41.0 Å². The zero-order chi connectivity index (χ0) is 23.7. The molecule has 0 atom stereocenters. The van der Waals surface area contributed by atoms with Crippen LogP contribution < -0.4 is 4.90 Å². The van der Waals surface area contributed by atoms with E-state index in [1.54, 1.807) is 0 Å². The molecule has 172 valence electrons. The van der Waals surface area contributed by atoms with Crippen LogP contribution in [-0.2, 0) is 16.1 Å². The number of hydrogen-bond donors (Lipinski definition) is 0.